The summed E-state index contributed by atoms with van der Waals surface area (Å²) in [6.45, 7) is 1.95. The van der Waals surface area contributed by atoms with Crippen LogP contribution in [0.3, 0.4) is 0 Å². The Balaban J connectivity index is 1.55. The Morgan fingerprint density at radius 3 is 2.21 bits per heavy atom. The van der Waals surface area contributed by atoms with Crippen LogP contribution in [0, 0.1) is 0 Å². The molecule has 4 nitrogen and oxygen atoms in total. The zero-order chi connectivity index (χ0) is 19.8. The minimum absolute atomic E-state index is 0.436. The summed E-state index contributed by atoms with van der Waals surface area (Å²) in [5.41, 5.74) is 3.34. The molecule has 0 spiro atoms. The summed E-state index contributed by atoms with van der Waals surface area (Å²) in [6.07, 6.45) is 0. The monoisotopic (exact) mass is 397 g/mol. The highest BCUT2D eigenvalue weighted by Gasteiger charge is 2.07. The Bertz CT molecular complexity index is 897. The highest BCUT2D eigenvalue weighted by atomic mass is 35.5. The van der Waals surface area contributed by atoms with Crippen LogP contribution >= 0.6 is 11.6 Å². The Kier molecular flexibility index (Phi) is 7.18. The predicted molar refractivity (Wildman–Crippen MR) is 112 cm³/mol. The van der Waals surface area contributed by atoms with E-state index in [1.807, 2.05) is 54.6 Å². The molecule has 0 saturated carbocycles. The summed E-state index contributed by atoms with van der Waals surface area (Å²) in [5, 5.41) is 4.14. The van der Waals surface area contributed by atoms with Gasteiger partial charge in [0, 0.05) is 18.1 Å². The molecule has 0 heterocycles. The van der Waals surface area contributed by atoms with Gasteiger partial charge in [-0.1, -0.05) is 41.9 Å². The van der Waals surface area contributed by atoms with E-state index in [4.69, 9.17) is 25.8 Å². The van der Waals surface area contributed by atoms with Crippen molar-refractivity contribution in [3.63, 3.8) is 0 Å². The normalized spacial score (nSPS) is 10.5. The van der Waals surface area contributed by atoms with Crippen LogP contribution in [-0.4, -0.2) is 14.2 Å². The van der Waals surface area contributed by atoms with E-state index in [-0.39, 0.29) is 0 Å². The van der Waals surface area contributed by atoms with E-state index in [1.54, 1.807) is 14.2 Å². The van der Waals surface area contributed by atoms with Crippen molar-refractivity contribution < 1.29 is 14.2 Å². The summed E-state index contributed by atoms with van der Waals surface area (Å²) in [6, 6.07) is 21.6. The molecule has 0 aliphatic rings. The average molecular weight is 398 g/mol. The van der Waals surface area contributed by atoms with Crippen molar-refractivity contribution in [3.8, 4) is 17.2 Å². The van der Waals surface area contributed by atoms with Crippen LogP contribution in [0.25, 0.3) is 0 Å². The van der Waals surface area contributed by atoms with Crippen molar-refractivity contribution in [2.45, 2.75) is 19.7 Å². The quantitative estimate of drug-likeness (QED) is 0.537. The number of benzene rings is 3. The van der Waals surface area contributed by atoms with Crippen LogP contribution in [0.5, 0.6) is 17.2 Å². The summed E-state index contributed by atoms with van der Waals surface area (Å²) < 4.78 is 16.6. The van der Waals surface area contributed by atoms with Gasteiger partial charge in [0.15, 0.2) is 11.5 Å². The number of nitrogens with one attached hydrogen (secondary N) is 1. The second kappa shape index (κ2) is 10.0. The van der Waals surface area contributed by atoms with Gasteiger partial charge in [0.1, 0.15) is 12.4 Å². The molecule has 0 saturated heterocycles. The number of hydrogen-bond acceptors (Lipinski definition) is 4. The first-order chi connectivity index (χ1) is 13.7. The van der Waals surface area contributed by atoms with E-state index < -0.39 is 0 Å². The molecule has 146 valence electrons. The van der Waals surface area contributed by atoms with Gasteiger partial charge < -0.3 is 19.5 Å². The highest BCUT2D eigenvalue weighted by molar-refractivity contribution is 6.30. The number of rotatable bonds is 9. The lowest BCUT2D eigenvalue weighted by Crippen LogP contribution is -2.12. The van der Waals surface area contributed by atoms with Crippen LogP contribution in [0.4, 0.5) is 0 Å². The largest absolute Gasteiger partial charge is 0.497 e. The molecule has 5 heteroatoms. The van der Waals surface area contributed by atoms with Gasteiger partial charge in [0.05, 0.1) is 14.2 Å². The molecular weight excluding hydrogens is 374 g/mol. The van der Waals surface area contributed by atoms with Gasteiger partial charge in [0.25, 0.3) is 0 Å². The molecule has 0 radical (unpaired) electrons. The molecule has 0 fully saturated rings. The lowest BCUT2D eigenvalue weighted by Gasteiger charge is -2.13. The molecule has 3 aromatic rings. The summed E-state index contributed by atoms with van der Waals surface area (Å²) in [4.78, 5) is 0. The predicted octanol–water partition coefficient (Wildman–Crippen LogP) is 5.23. The molecule has 1 N–H and O–H groups in total. The average Bonchev–Trinajstić information content (AvgIpc) is 2.73. The summed E-state index contributed by atoms with van der Waals surface area (Å²) in [7, 11) is 3.32. The zero-order valence-corrected chi connectivity index (χ0v) is 16.8. The molecule has 0 aliphatic heterocycles. The van der Waals surface area contributed by atoms with Crippen molar-refractivity contribution in [1.29, 1.82) is 0 Å². The first kappa shape index (κ1) is 20.1. The number of halogens is 1. The van der Waals surface area contributed by atoms with E-state index in [1.165, 1.54) is 5.56 Å². The van der Waals surface area contributed by atoms with Gasteiger partial charge in [-0.3, -0.25) is 0 Å². The maximum atomic E-state index is 6.02. The van der Waals surface area contributed by atoms with E-state index >= 15 is 0 Å². The third-order valence-electron chi connectivity index (χ3n) is 4.33. The maximum Gasteiger partial charge on any atom is 0.161 e. The van der Waals surface area contributed by atoms with Crippen molar-refractivity contribution in [2.75, 3.05) is 14.2 Å². The summed E-state index contributed by atoms with van der Waals surface area (Å²) in [5.74, 6) is 2.29. The Labute approximate surface area is 171 Å². The molecule has 0 atom stereocenters. The molecule has 3 rings (SSSR count). The molecule has 0 aromatic heterocycles. The third-order valence-corrected chi connectivity index (χ3v) is 4.56. The summed E-state index contributed by atoms with van der Waals surface area (Å²) >= 11 is 6.02. The van der Waals surface area contributed by atoms with Crippen molar-refractivity contribution >= 4 is 11.6 Å². The van der Waals surface area contributed by atoms with Gasteiger partial charge in [-0.2, -0.15) is 0 Å². The minimum Gasteiger partial charge on any atom is -0.497 e. The molecule has 0 bridgehead atoms. The highest BCUT2D eigenvalue weighted by Crippen LogP contribution is 2.29. The lowest BCUT2D eigenvalue weighted by molar-refractivity contribution is 0.284. The van der Waals surface area contributed by atoms with Gasteiger partial charge in [-0.05, 0) is 53.1 Å². The Hall–Kier alpha value is -2.69. The van der Waals surface area contributed by atoms with Gasteiger partial charge in [-0.25, -0.2) is 0 Å². The standard InChI is InChI=1S/C23H24ClNO3/c1-26-21-9-6-17(7-10-21)14-25-15-18-8-11-22(23(13-18)27-2)28-16-19-4-3-5-20(24)12-19/h3-13,25H,14-16H2,1-2H3. The molecule has 0 amide bonds. The van der Waals surface area contributed by atoms with Gasteiger partial charge in [0.2, 0.25) is 0 Å². The van der Waals surface area contributed by atoms with Crippen molar-refractivity contribution in [3.05, 3.63) is 88.4 Å². The van der Waals surface area contributed by atoms with E-state index in [0.717, 1.165) is 30.0 Å². The fourth-order valence-corrected chi connectivity index (χ4v) is 3.04. The van der Waals surface area contributed by atoms with Crippen molar-refractivity contribution in [1.82, 2.24) is 5.32 Å². The van der Waals surface area contributed by atoms with E-state index in [9.17, 15) is 0 Å². The maximum absolute atomic E-state index is 6.02. The first-order valence-electron chi connectivity index (χ1n) is 9.06. The van der Waals surface area contributed by atoms with Crippen LogP contribution in [0.15, 0.2) is 66.7 Å². The molecular formula is C23H24ClNO3. The first-order valence-corrected chi connectivity index (χ1v) is 9.43. The number of hydrogen-bond donors (Lipinski definition) is 1. The van der Waals surface area contributed by atoms with Gasteiger partial charge >= 0.3 is 0 Å². The topological polar surface area (TPSA) is 39.7 Å². The fourth-order valence-electron chi connectivity index (χ4n) is 2.82. The van der Waals surface area contributed by atoms with Gasteiger partial charge in [-0.15, -0.1) is 0 Å². The van der Waals surface area contributed by atoms with Crippen LogP contribution in [0.2, 0.25) is 5.02 Å². The van der Waals surface area contributed by atoms with Crippen molar-refractivity contribution in [2.24, 2.45) is 0 Å². The van der Waals surface area contributed by atoms with E-state index in [0.29, 0.717) is 23.1 Å². The second-order valence-corrected chi connectivity index (χ2v) is 6.79. The SMILES string of the molecule is COc1ccc(CNCc2ccc(OCc3cccc(Cl)c3)c(OC)c2)cc1. The smallest absolute Gasteiger partial charge is 0.161 e. The number of methoxy groups -OCH3 is 2. The molecule has 0 unspecified atom stereocenters. The minimum atomic E-state index is 0.436. The molecule has 28 heavy (non-hydrogen) atoms. The lowest BCUT2D eigenvalue weighted by atomic mass is 10.1. The Morgan fingerprint density at radius 2 is 1.50 bits per heavy atom. The van der Waals surface area contributed by atoms with Crippen LogP contribution < -0.4 is 19.5 Å². The molecule has 3 aromatic carbocycles. The molecule has 0 aliphatic carbocycles. The number of ether oxygens (including phenoxy) is 3. The van der Waals surface area contributed by atoms with E-state index in [2.05, 4.69) is 17.4 Å². The Morgan fingerprint density at radius 1 is 0.750 bits per heavy atom. The van der Waals surface area contributed by atoms with Crippen LogP contribution in [0.1, 0.15) is 16.7 Å². The zero-order valence-electron chi connectivity index (χ0n) is 16.1. The fraction of sp³-hybridized carbons (Fsp3) is 0.217. The third kappa shape index (κ3) is 5.65. The second-order valence-electron chi connectivity index (χ2n) is 6.36. The van der Waals surface area contributed by atoms with Crippen LogP contribution in [-0.2, 0) is 19.7 Å².